The van der Waals surface area contributed by atoms with Gasteiger partial charge >= 0.3 is 0 Å². The molecule has 0 unspecified atom stereocenters. The summed E-state index contributed by atoms with van der Waals surface area (Å²) >= 11 is 0. The summed E-state index contributed by atoms with van der Waals surface area (Å²) < 4.78 is 5.27. The first-order valence-corrected chi connectivity index (χ1v) is 11.1. The Morgan fingerprint density at radius 2 is 1.62 bits per heavy atom. The number of carbonyl (C=O) groups is 3. The van der Waals surface area contributed by atoms with Crippen LogP contribution in [0.2, 0.25) is 0 Å². The fourth-order valence-electron chi connectivity index (χ4n) is 6.08. The fraction of sp³-hybridized carbons (Fsp3) is 0.346. The topological polar surface area (TPSA) is 66.9 Å². The molecule has 3 fully saturated rings. The Labute approximate surface area is 186 Å². The van der Waals surface area contributed by atoms with E-state index in [1.165, 1.54) is 9.80 Å². The van der Waals surface area contributed by atoms with Crippen LogP contribution in [0.4, 0.5) is 5.69 Å². The quantitative estimate of drug-likeness (QED) is 0.541. The van der Waals surface area contributed by atoms with Crippen molar-refractivity contribution in [1.82, 2.24) is 4.90 Å². The van der Waals surface area contributed by atoms with Crippen LogP contribution < -0.4 is 9.64 Å². The number of methoxy groups -OCH3 is 1. The van der Waals surface area contributed by atoms with E-state index < -0.39 is 0 Å². The molecule has 6 heteroatoms. The fourth-order valence-corrected chi connectivity index (χ4v) is 6.08. The second-order valence-electron chi connectivity index (χ2n) is 9.20. The Morgan fingerprint density at radius 1 is 0.969 bits per heavy atom. The molecule has 0 aromatic heterocycles. The van der Waals surface area contributed by atoms with Crippen molar-refractivity contribution in [2.24, 2.45) is 35.5 Å². The Hall–Kier alpha value is -3.41. The second-order valence-corrected chi connectivity index (χ2v) is 9.20. The van der Waals surface area contributed by atoms with Gasteiger partial charge in [-0.25, -0.2) is 0 Å². The van der Waals surface area contributed by atoms with Crippen LogP contribution in [0.15, 0.2) is 66.7 Å². The highest BCUT2D eigenvalue weighted by Gasteiger charge is 2.67. The number of likely N-dealkylation sites (tertiary alicyclic amines) is 1. The van der Waals surface area contributed by atoms with Crippen LogP contribution in [0.1, 0.15) is 16.8 Å². The highest BCUT2D eigenvalue weighted by molar-refractivity contribution is 6.10. The summed E-state index contributed by atoms with van der Waals surface area (Å²) in [5, 5.41) is 0. The molecule has 0 spiro atoms. The van der Waals surface area contributed by atoms with Gasteiger partial charge in [-0.1, -0.05) is 36.4 Å². The predicted molar refractivity (Wildman–Crippen MR) is 118 cm³/mol. The van der Waals surface area contributed by atoms with Crippen LogP contribution in [-0.4, -0.2) is 36.4 Å². The number of carbonyl (C=O) groups excluding carboxylic acids is 3. The lowest BCUT2D eigenvalue weighted by Crippen LogP contribution is -2.45. The number of para-hydroxylation sites is 1. The molecule has 3 amide bonds. The minimum atomic E-state index is -0.283. The van der Waals surface area contributed by atoms with Crippen molar-refractivity contribution in [2.45, 2.75) is 6.42 Å². The van der Waals surface area contributed by atoms with E-state index in [-0.39, 0.29) is 48.1 Å². The van der Waals surface area contributed by atoms with Gasteiger partial charge in [-0.15, -0.1) is 0 Å². The monoisotopic (exact) mass is 428 g/mol. The summed E-state index contributed by atoms with van der Waals surface area (Å²) in [5.74, 6) is 0.897. The van der Waals surface area contributed by atoms with Gasteiger partial charge in [-0.3, -0.25) is 24.2 Å². The number of amides is 3. The van der Waals surface area contributed by atoms with E-state index in [4.69, 9.17) is 4.74 Å². The molecule has 2 bridgehead atoms. The van der Waals surface area contributed by atoms with Gasteiger partial charge < -0.3 is 4.74 Å². The summed E-state index contributed by atoms with van der Waals surface area (Å²) in [4.78, 5) is 43.3. The Bertz CT molecular complexity index is 1110. The van der Waals surface area contributed by atoms with Gasteiger partial charge in [0, 0.05) is 11.3 Å². The lowest BCUT2D eigenvalue weighted by Gasteiger charge is -2.37. The number of hydrogen-bond donors (Lipinski definition) is 0. The SMILES string of the molecule is COc1cccc(C(=O)N(CN2C(=O)[C@H]3[C@@H]4C=C[C@H]([C@H]5C[C@H]45)[C@@H]3C2=O)c2ccccc2)c1. The number of ether oxygens (including phenoxy) is 1. The zero-order valence-corrected chi connectivity index (χ0v) is 17.8. The molecule has 1 aliphatic heterocycles. The molecule has 6 nitrogen and oxygen atoms in total. The van der Waals surface area contributed by atoms with Crippen LogP contribution in [0.25, 0.3) is 0 Å². The summed E-state index contributed by atoms with van der Waals surface area (Å²) in [6.07, 6.45) is 5.44. The van der Waals surface area contributed by atoms with Crippen molar-refractivity contribution in [1.29, 1.82) is 0 Å². The van der Waals surface area contributed by atoms with Crippen molar-refractivity contribution in [2.75, 3.05) is 18.7 Å². The number of imide groups is 1. The van der Waals surface area contributed by atoms with Gasteiger partial charge in [-0.05, 0) is 60.4 Å². The average Bonchev–Trinajstić information content (AvgIpc) is 3.62. The van der Waals surface area contributed by atoms with Gasteiger partial charge in [0.05, 0.1) is 18.9 Å². The summed E-state index contributed by atoms with van der Waals surface area (Å²) in [6, 6.07) is 16.1. The molecular formula is C26H24N2O4. The van der Waals surface area contributed by atoms with E-state index in [1.54, 1.807) is 31.4 Å². The molecule has 6 atom stereocenters. The largest absolute Gasteiger partial charge is 0.497 e. The number of hydrogen-bond acceptors (Lipinski definition) is 4. The molecule has 2 saturated carbocycles. The van der Waals surface area contributed by atoms with E-state index >= 15 is 0 Å². The molecule has 2 aromatic rings. The molecule has 1 saturated heterocycles. The molecule has 32 heavy (non-hydrogen) atoms. The normalized spacial score (nSPS) is 31.3. The van der Waals surface area contributed by atoms with Crippen LogP contribution in [-0.2, 0) is 9.59 Å². The van der Waals surface area contributed by atoms with Gasteiger partial charge in [-0.2, -0.15) is 0 Å². The first-order chi connectivity index (χ1) is 15.6. The van der Waals surface area contributed by atoms with Crippen molar-refractivity contribution in [3.63, 3.8) is 0 Å². The Balaban J connectivity index is 1.33. The highest BCUT2D eigenvalue weighted by atomic mass is 16.5. The molecule has 5 aliphatic rings. The van der Waals surface area contributed by atoms with E-state index in [2.05, 4.69) is 12.2 Å². The maximum Gasteiger partial charge on any atom is 0.259 e. The zero-order chi connectivity index (χ0) is 22.0. The van der Waals surface area contributed by atoms with Crippen molar-refractivity contribution in [3.8, 4) is 5.75 Å². The first-order valence-electron chi connectivity index (χ1n) is 11.1. The van der Waals surface area contributed by atoms with E-state index in [9.17, 15) is 14.4 Å². The van der Waals surface area contributed by atoms with Crippen LogP contribution >= 0.6 is 0 Å². The van der Waals surface area contributed by atoms with E-state index in [0.29, 0.717) is 28.8 Å². The number of anilines is 1. The molecule has 162 valence electrons. The highest BCUT2D eigenvalue weighted by Crippen LogP contribution is 2.65. The minimum Gasteiger partial charge on any atom is -0.497 e. The summed E-state index contributed by atoms with van der Waals surface area (Å²) in [6.45, 7) is -0.0838. The third kappa shape index (κ3) is 2.75. The first kappa shape index (κ1) is 19.3. The lowest BCUT2D eigenvalue weighted by atomic mass is 9.63. The standard InChI is InChI=1S/C26H24N2O4/c1-32-17-9-5-6-15(12-17)24(29)27(16-7-3-2-4-8-16)14-28-25(30)22-18-10-11-19(21-13-20(18)21)23(22)26(28)31/h2-12,18-23H,13-14H2,1H3/t18-,19-,20-,21-,22+,23+/m1/s1. The number of rotatable bonds is 5. The molecule has 7 rings (SSSR count). The summed E-state index contributed by atoms with van der Waals surface area (Å²) in [7, 11) is 1.55. The number of allylic oxidation sites excluding steroid dienone is 2. The maximum absolute atomic E-state index is 13.5. The maximum atomic E-state index is 13.5. The lowest BCUT2D eigenvalue weighted by molar-refractivity contribution is -0.140. The van der Waals surface area contributed by atoms with E-state index in [1.807, 2.05) is 30.3 Å². The van der Waals surface area contributed by atoms with Crippen LogP contribution in [0.5, 0.6) is 5.75 Å². The van der Waals surface area contributed by atoms with Gasteiger partial charge in [0.2, 0.25) is 11.8 Å². The molecule has 4 aliphatic carbocycles. The van der Waals surface area contributed by atoms with Crippen molar-refractivity contribution in [3.05, 3.63) is 72.3 Å². The van der Waals surface area contributed by atoms with Gasteiger partial charge in [0.25, 0.3) is 5.91 Å². The van der Waals surface area contributed by atoms with Gasteiger partial charge in [0.15, 0.2) is 0 Å². The molecule has 2 aromatic carbocycles. The smallest absolute Gasteiger partial charge is 0.259 e. The number of benzene rings is 2. The third-order valence-electron chi connectivity index (χ3n) is 7.67. The van der Waals surface area contributed by atoms with Crippen molar-refractivity contribution < 1.29 is 19.1 Å². The van der Waals surface area contributed by atoms with E-state index in [0.717, 1.165) is 6.42 Å². The summed E-state index contributed by atoms with van der Waals surface area (Å²) in [5.41, 5.74) is 1.08. The van der Waals surface area contributed by atoms with Crippen LogP contribution in [0.3, 0.4) is 0 Å². The third-order valence-corrected chi connectivity index (χ3v) is 7.67. The minimum absolute atomic E-state index is 0.0838. The molecule has 0 N–H and O–H groups in total. The molecular weight excluding hydrogens is 404 g/mol. The number of nitrogens with zero attached hydrogens (tertiary/aromatic N) is 2. The second kappa shape index (κ2) is 7.05. The Kier molecular flexibility index (Phi) is 4.25. The van der Waals surface area contributed by atoms with Gasteiger partial charge in [0.1, 0.15) is 12.4 Å². The average molecular weight is 428 g/mol. The Morgan fingerprint density at radius 3 is 2.25 bits per heavy atom. The molecule has 1 heterocycles. The predicted octanol–water partition coefficient (Wildman–Crippen LogP) is 3.35. The van der Waals surface area contributed by atoms with Crippen molar-refractivity contribution >= 4 is 23.4 Å². The molecule has 0 radical (unpaired) electrons. The zero-order valence-electron chi connectivity index (χ0n) is 17.8. The van der Waals surface area contributed by atoms with Crippen LogP contribution in [0, 0.1) is 35.5 Å².